The lowest BCUT2D eigenvalue weighted by molar-refractivity contribution is -0.138. The number of hydrogen-bond donors (Lipinski definition) is 2. The Kier molecular flexibility index (Phi) is 4.26. The van der Waals surface area contributed by atoms with Gasteiger partial charge in [0.1, 0.15) is 4.99 Å². The van der Waals surface area contributed by atoms with Crippen LogP contribution in [0.5, 0.6) is 0 Å². The molecule has 0 amide bonds. The van der Waals surface area contributed by atoms with E-state index in [1.165, 1.54) is 0 Å². The van der Waals surface area contributed by atoms with E-state index in [2.05, 4.69) is 15.5 Å². The van der Waals surface area contributed by atoms with Crippen LogP contribution in [0.25, 0.3) is 0 Å². The Hall–Kier alpha value is -2.48. The number of ether oxygens (including phenoxy) is 2. The Morgan fingerprint density at radius 1 is 1.50 bits per heavy atom. The first kappa shape index (κ1) is 13.9. The van der Waals surface area contributed by atoms with Gasteiger partial charge in [0.15, 0.2) is 5.57 Å². The fourth-order valence-electron chi connectivity index (χ4n) is 1.48. The van der Waals surface area contributed by atoms with Crippen molar-refractivity contribution in [1.82, 2.24) is 10.4 Å². The van der Waals surface area contributed by atoms with Crippen LogP contribution in [-0.4, -0.2) is 28.4 Å². The Morgan fingerprint density at radius 3 is 2.80 bits per heavy atom. The maximum absolute atomic E-state index is 11.8. The number of nitrogens with one attached hydrogen (secondary N) is 1. The molecule has 0 fully saturated rings. The molecule has 0 spiro atoms. The Balaban J connectivity index is 2.25. The first-order valence-electron chi connectivity index (χ1n) is 5.76. The molecule has 0 aromatic carbocycles. The molecule has 104 valence electrons. The molecule has 7 nitrogen and oxygen atoms in total. The smallest absolute Gasteiger partial charge is 0.346 e. The van der Waals surface area contributed by atoms with E-state index in [0.717, 1.165) is 0 Å². The predicted octanol–water partition coefficient (Wildman–Crippen LogP) is 0.424. The number of carbonyl (C=O) groups excluding carboxylic acids is 1. The van der Waals surface area contributed by atoms with Gasteiger partial charge in [-0.1, -0.05) is 12.2 Å². The third-order valence-electron chi connectivity index (χ3n) is 2.34. The number of nitrogens with zero attached hydrogens (tertiary/aromatic N) is 2. The van der Waals surface area contributed by atoms with Crippen molar-refractivity contribution >= 4 is 29.1 Å². The lowest BCUT2D eigenvalue weighted by Crippen LogP contribution is -2.25. The van der Waals surface area contributed by atoms with Crippen LogP contribution in [0, 0.1) is 0 Å². The molecule has 1 aliphatic rings. The number of esters is 1. The van der Waals surface area contributed by atoms with Gasteiger partial charge in [0, 0.05) is 18.0 Å². The highest BCUT2D eigenvalue weighted by Gasteiger charge is 2.26. The molecule has 1 aromatic rings. The molecule has 0 saturated heterocycles. The summed E-state index contributed by atoms with van der Waals surface area (Å²) in [6.07, 6.45) is 3.20. The molecule has 3 N–H and O–H groups in total. The molecule has 20 heavy (non-hydrogen) atoms. The van der Waals surface area contributed by atoms with Gasteiger partial charge in [-0.2, -0.15) is 0 Å². The minimum absolute atomic E-state index is 0.0466. The quantitative estimate of drug-likeness (QED) is 0.471. The van der Waals surface area contributed by atoms with Gasteiger partial charge in [0.2, 0.25) is 11.8 Å². The minimum Gasteiger partial charge on any atom is -0.462 e. The zero-order chi connectivity index (χ0) is 14.5. The Morgan fingerprint density at radius 2 is 2.20 bits per heavy atom. The molecular formula is C12H12N4O3S. The Labute approximate surface area is 120 Å². The summed E-state index contributed by atoms with van der Waals surface area (Å²) >= 11 is 4.84. The van der Waals surface area contributed by atoms with Crippen molar-refractivity contribution in [3.63, 3.8) is 0 Å². The van der Waals surface area contributed by atoms with Crippen LogP contribution in [0.1, 0.15) is 12.5 Å². The molecule has 2 rings (SSSR count). The monoisotopic (exact) mass is 292 g/mol. The third kappa shape index (κ3) is 2.91. The maximum atomic E-state index is 11.8. The summed E-state index contributed by atoms with van der Waals surface area (Å²) in [4.78, 5) is 15.6. The third-order valence-corrected chi connectivity index (χ3v) is 2.54. The second-order valence-electron chi connectivity index (χ2n) is 3.66. The van der Waals surface area contributed by atoms with Gasteiger partial charge >= 0.3 is 5.97 Å². The van der Waals surface area contributed by atoms with Crippen LogP contribution < -0.4 is 11.2 Å². The van der Waals surface area contributed by atoms with Crippen LogP contribution in [-0.2, 0) is 14.3 Å². The summed E-state index contributed by atoms with van der Waals surface area (Å²) in [6.45, 7) is 1.89. The summed E-state index contributed by atoms with van der Waals surface area (Å²) < 4.78 is 10.3. The summed E-state index contributed by atoms with van der Waals surface area (Å²) in [7, 11) is 0. The van der Waals surface area contributed by atoms with Gasteiger partial charge in [0.05, 0.1) is 6.61 Å². The molecule has 0 unspecified atom stereocenters. The molecule has 2 heterocycles. The van der Waals surface area contributed by atoms with Crippen LogP contribution in [0.15, 0.2) is 41.1 Å². The van der Waals surface area contributed by atoms with E-state index < -0.39 is 5.97 Å². The minimum atomic E-state index is -0.659. The van der Waals surface area contributed by atoms with E-state index in [1.807, 2.05) is 0 Å². The SMILES string of the molecule is CCOC(=O)/C(C(N)=S)=C1/NN=C(c2ccncc2)O1. The van der Waals surface area contributed by atoms with E-state index >= 15 is 0 Å². The number of carbonyl (C=O) groups is 1. The second kappa shape index (κ2) is 6.11. The molecule has 8 heteroatoms. The van der Waals surface area contributed by atoms with Crippen molar-refractivity contribution in [2.24, 2.45) is 10.8 Å². The predicted molar refractivity (Wildman–Crippen MR) is 75.4 cm³/mol. The van der Waals surface area contributed by atoms with Crippen LogP contribution >= 0.6 is 12.2 Å². The topological polar surface area (TPSA) is 98.8 Å². The summed E-state index contributed by atoms with van der Waals surface area (Å²) in [5.41, 5.74) is 8.76. The molecule has 0 atom stereocenters. The molecule has 0 saturated carbocycles. The number of pyridine rings is 1. The number of thiocarbonyl (C=S) groups is 1. The van der Waals surface area contributed by atoms with E-state index in [4.69, 9.17) is 27.4 Å². The standard InChI is InChI=1S/C12H12N4O3S/c1-2-18-12(17)8(9(13)20)11-16-15-10(19-11)7-3-5-14-6-4-7/h3-6,16H,2H2,1H3,(H2,13,20)/b11-8-. The lowest BCUT2D eigenvalue weighted by Gasteiger charge is -2.08. The fraction of sp³-hybridized carbons (Fsp3) is 0.167. The fourth-order valence-corrected chi connectivity index (χ4v) is 1.65. The second-order valence-corrected chi connectivity index (χ2v) is 4.10. The number of nitrogens with two attached hydrogens (primary N) is 1. The van der Waals surface area contributed by atoms with Gasteiger partial charge in [-0.15, -0.1) is 5.10 Å². The average molecular weight is 292 g/mol. The zero-order valence-corrected chi connectivity index (χ0v) is 11.4. The summed E-state index contributed by atoms with van der Waals surface area (Å²) in [6, 6.07) is 3.43. The normalized spacial score (nSPS) is 15.8. The van der Waals surface area contributed by atoms with Crippen molar-refractivity contribution < 1.29 is 14.3 Å². The van der Waals surface area contributed by atoms with Crippen LogP contribution in [0.4, 0.5) is 0 Å². The molecule has 0 bridgehead atoms. The average Bonchev–Trinajstić information content (AvgIpc) is 2.89. The largest absolute Gasteiger partial charge is 0.462 e. The highest BCUT2D eigenvalue weighted by atomic mass is 32.1. The van der Waals surface area contributed by atoms with Crippen LogP contribution in [0.3, 0.4) is 0 Å². The van der Waals surface area contributed by atoms with Crippen molar-refractivity contribution in [3.8, 4) is 0 Å². The molecule has 0 aliphatic carbocycles. The number of aromatic nitrogens is 1. The zero-order valence-electron chi connectivity index (χ0n) is 10.6. The molecule has 1 aliphatic heterocycles. The summed E-state index contributed by atoms with van der Waals surface area (Å²) in [5.74, 6) is -0.308. The van der Waals surface area contributed by atoms with Crippen molar-refractivity contribution in [2.45, 2.75) is 6.92 Å². The van der Waals surface area contributed by atoms with Crippen molar-refractivity contribution in [3.05, 3.63) is 41.5 Å². The first-order chi connectivity index (χ1) is 9.63. The first-order valence-corrected chi connectivity index (χ1v) is 6.17. The van der Waals surface area contributed by atoms with E-state index in [0.29, 0.717) is 11.5 Å². The molecule has 1 aromatic heterocycles. The van der Waals surface area contributed by atoms with Gasteiger partial charge in [-0.25, -0.2) is 10.2 Å². The van der Waals surface area contributed by atoms with Gasteiger partial charge in [-0.05, 0) is 19.1 Å². The van der Waals surface area contributed by atoms with Gasteiger partial charge in [-0.3, -0.25) is 4.98 Å². The highest BCUT2D eigenvalue weighted by molar-refractivity contribution is 7.80. The van der Waals surface area contributed by atoms with Crippen LogP contribution in [0.2, 0.25) is 0 Å². The lowest BCUT2D eigenvalue weighted by atomic mass is 10.2. The van der Waals surface area contributed by atoms with Gasteiger partial charge in [0.25, 0.3) is 0 Å². The van der Waals surface area contributed by atoms with E-state index in [9.17, 15) is 4.79 Å². The summed E-state index contributed by atoms with van der Waals surface area (Å²) in [5, 5.41) is 3.97. The van der Waals surface area contributed by atoms with E-state index in [-0.39, 0.29) is 23.1 Å². The molecule has 0 radical (unpaired) electrons. The highest BCUT2D eigenvalue weighted by Crippen LogP contribution is 2.15. The number of hydrogen-bond acceptors (Lipinski definition) is 7. The molecular weight excluding hydrogens is 280 g/mol. The Bertz CT molecular complexity index is 598. The van der Waals surface area contributed by atoms with Crippen molar-refractivity contribution in [1.29, 1.82) is 0 Å². The number of hydrazone groups is 1. The maximum Gasteiger partial charge on any atom is 0.346 e. The van der Waals surface area contributed by atoms with E-state index in [1.54, 1.807) is 31.5 Å². The number of rotatable bonds is 4. The van der Waals surface area contributed by atoms with Gasteiger partial charge < -0.3 is 15.2 Å². The van der Waals surface area contributed by atoms with Crippen molar-refractivity contribution in [2.75, 3.05) is 6.61 Å².